The lowest BCUT2D eigenvalue weighted by molar-refractivity contribution is -0.111. The highest BCUT2D eigenvalue weighted by molar-refractivity contribution is 5.95. The predicted molar refractivity (Wildman–Crippen MR) is 127 cm³/mol. The molecule has 0 radical (unpaired) electrons. The lowest BCUT2D eigenvalue weighted by Crippen LogP contribution is -2.59. The van der Waals surface area contributed by atoms with E-state index in [1.807, 2.05) is 37.7 Å². The monoisotopic (exact) mass is 480 g/mol. The van der Waals surface area contributed by atoms with E-state index in [4.69, 9.17) is 14.2 Å². The van der Waals surface area contributed by atoms with Gasteiger partial charge in [0.2, 0.25) is 5.88 Å². The van der Waals surface area contributed by atoms with Gasteiger partial charge in [0, 0.05) is 49.3 Å². The topological polar surface area (TPSA) is 78.7 Å². The Morgan fingerprint density at radius 3 is 2.60 bits per heavy atom. The number of halogens is 1. The quantitative estimate of drug-likeness (QED) is 0.560. The molecule has 2 saturated heterocycles. The first kappa shape index (κ1) is 22.3. The van der Waals surface area contributed by atoms with E-state index in [1.54, 1.807) is 11.0 Å². The minimum atomic E-state index is -0.302. The molecule has 3 fully saturated rings. The molecule has 6 rings (SSSR count). The summed E-state index contributed by atoms with van der Waals surface area (Å²) in [5, 5.41) is 0. The summed E-state index contributed by atoms with van der Waals surface area (Å²) in [4.78, 5) is 23.4. The molecule has 3 aromatic rings. The van der Waals surface area contributed by atoms with Crippen molar-refractivity contribution in [3.63, 3.8) is 0 Å². The van der Waals surface area contributed by atoms with Gasteiger partial charge in [-0.05, 0) is 38.3 Å². The average molecular weight is 481 g/mol. The highest BCUT2D eigenvalue weighted by Crippen LogP contribution is 2.41. The third-order valence-electron chi connectivity index (χ3n) is 7.43. The number of amides is 1. The van der Waals surface area contributed by atoms with Crippen molar-refractivity contribution < 1.29 is 23.4 Å². The molecular formula is C26H29FN4O4. The Morgan fingerprint density at radius 2 is 1.91 bits per heavy atom. The molecule has 2 atom stereocenters. The average Bonchev–Trinajstić information content (AvgIpc) is 3.43. The molecule has 2 aliphatic heterocycles. The van der Waals surface area contributed by atoms with E-state index in [2.05, 4.69) is 9.97 Å². The van der Waals surface area contributed by atoms with Crippen molar-refractivity contribution in [3.8, 4) is 17.0 Å². The van der Waals surface area contributed by atoms with Gasteiger partial charge in [-0.3, -0.25) is 0 Å². The Labute approximate surface area is 203 Å². The Bertz CT molecular complexity index is 1290. The summed E-state index contributed by atoms with van der Waals surface area (Å²) >= 11 is 0. The molecule has 1 aliphatic carbocycles. The number of fused-ring (bicyclic) bond motifs is 3. The van der Waals surface area contributed by atoms with Gasteiger partial charge in [0.05, 0.1) is 13.2 Å². The predicted octanol–water partition coefficient (Wildman–Crippen LogP) is 4.10. The first-order chi connectivity index (χ1) is 16.8. The fourth-order valence-electron chi connectivity index (χ4n) is 5.24. The number of ether oxygens (including phenoxy) is 3. The van der Waals surface area contributed by atoms with Crippen molar-refractivity contribution >= 4 is 17.1 Å². The highest BCUT2D eigenvalue weighted by atomic mass is 19.1. The molecule has 4 heterocycles. The largest absolute Gasteiger partial charge is 0.472 e. The van der Waals surface area contributed by atoms with Crippen LogP contribution in [0.1, 0.15) is 25.3 Å². The van der Waals surface area contributed by atoms with Crippen LogP contribution in [0, 0.1) is 24.6 Å². The third kappa shape index (κ3) is 4.01. The zero-order chi connectivity index (χ0) is 24.3. The fraction of sp³-hybridized carbons (Fsp3) is 0.500. The van der Waals surface area contributed by atoms with Crippen LogP contribution in [0.3, 0.4) is 0 Å². The number of carbonyl (C=O) groups excluding carboxylic acids is 1. The summed E-state index contributed by atoms with van der Waals surface area (Å²) < 4.78 is 34.7. The zero-order valence-corrected chi connectivity index (χ0v) is 20.2. The molecule has 1 aromatic carbocycles. The maximum atomic E-state index is 14.8. The van der Waals surface area contributed by atoms with Crippen LogP contribution in [-0.4, -0.2) is 63.5 Å². The number of nitrogens with zero attached hydrogens (tertiary/aromatic N) is 4. The molecule has 2 aromatic heterocycles. The van der Waals surface area contributed by atoms with Crippen LogP contribution >= 0.6 is 0 Å². The number of hydrogen-bond acceptors (Lipinski definition) is 6. The normalized spacial score (nSPS) is 24.9. The standard InChI is InChI=1S/C26H29FN4O4/c1-15-4-5-18(20(27)8-15)19-11-30(3)22-21(19)28-14-29-24(22)34-23-16-9-31(10-17(23)13-33-12-16)25(32)35-26(2)6-7-26/h4-5,8,11,14,16-17,23H,6-7,9-10,12-13H2,1-3H3. The van der Waals surface area contributed by atoms with Crippen molar-refractivity contribution in [2.24, 2.45) is 18.9 Å². The molecular weight excluding hydrogens is 451 g/mol. The number of rotatable bonds is 4. The van der Waals surface area contributed by atoms with E-state index in [0.29, 0.717) is 54.3 Å². The maximum absolute atomic E-state index is 14.8. The smallest absolute Gasteiger partial charge is 0.410 e. The van der Waals surface area contributed by atoms with E-state index >= 15 is 0 Å². The van der Waals surface area contributed by atoms with E-state index in [-0.39, 0.29) is 35.5 Å². The first-order valence-corrected chi connectivity index (χ1v) is 12.1. The van der Waals surface area contributed by atoms with E-state index in [1.165, 1.54) is 12.4 Å². The minimum Gasteiger partial charge on any atom is -0.472 e. The molecule has 1 saturated carbocycles. The summed E-state index contributed by atoms with van der Waals surface area (Å²) in [7, 11) is 1.88. The lowest BCUT2D eigenvalue weighted by Gasteiger charge is -2.46. The molecule has 3 aliphatic rings. The summed E-state index contributed by atoms with van der Waals surface area (Å²) in [6, 6.07) is 5.19. The highest BCUT2D eigenvalue weighted by Gasteiger charge is 2.47. The first-order valence-electron chi connectivity index (χ1n) is 12.1. The SMILES string of the molecule is Cc1ccc(-c2cn(C)c3c(OC4C5COCC4CN(C(=O)OC4(C)CC4)C5)ncnc23)c(F)c1. The molecule has 184 valence electrons. The Kier molecular flexibility index (Phi) is 5.21. The molecule has 0 N–H and O–H groups in total. The van der Waals surface area contributed by atoms with Gasteiger partial charge in [-0.25, -0.2) is 14.2 Å². The second-order valence-corrected chi connectivity index (χ2v) is 10.4. The third-order valence-corrected chi connectivity index (χ3v) is 7.43. The number of likely N-dealkylation sites (tertiary alicyclic amines) is 1. The molecule has 1 amide bonds. The second-order valence-electron chi connectivity index (χ2n) is 10.4. The van der Waals surface area contributed by atoms with Crippen molar-refractivity contribution in [3.05, 3.63) is 42.1 Å². The molecule has 8 nitrogen and oxygen atoms in total. The second kappa shape index (κ2) is 8.19. The zero-order valence-electron chi connectivity index (χ0n) is 20.2. The van der Waals surface area contributed by atoms with Crippen LogP contribution in [0.5, 0.6) is 5.88 Å². The van der Waals surface area contributed by atoms with Crippen LogP contribution < -0.4 is 4.74 Å². The van der Waals surface area contributed by atoms with Gasteiger partial charge in [0.1, 0.15) is 34.9 Å². The summed E-state index contributed by atoms with van der Waals surface area (Å²) in [5.41, 5.74) is 3.10. The van der Waals surface area contributed by atoms with Crippen LogP contribution in [0.25, 0.3) is 22.2 Å². The van der Waals surface area contributed by atoms with Crippen molar-refractivity contribution in [1.29, 1.82) is 0 Å². The van der Waals surface area contributed by atoms with Gasteiger partial charge < -0.3 is 23.7 Å². The number of piperidine rings is 1. The fourth-order valence-corrected chi connectivity index (χ4v) is 5.24. The van der Waals surface area contributed by atoms with Crippen molar-refractivity contribution in [2.75, 3.05) is 26.3 Å². The number of benzene rings is 1. The van der Waals surface area contributed by atoms with E-state index in [0.717, 1.165) is 18.4 Å². The lowest BCUT2D eigenvalue weighted by atomic mass is 9.84. The van der Waals surface area contributed by atoms with Gasteiger partial charge >= 0.3 is 6.09 Å². The number of aryl methyl sites for hydroxylation is 2. The van der Waals surface area contributed by atoms with Crippen molar-refractivity contribution in [1.82, 2.24) is 19.4 Å². The molecule has 9 heteroatoms. The van der Waals surface area contributed by atoms with Gasteiger partial charge in [0.15, 0.2) is 0 Å². The summed E-state index contributed by atoms with van der Waals surface area (Å²) in [5.74, 6) is 0.173. The van der Waals surface area contributed by atoms with Gasteiger partial charge in [0.25, 0.3) is 0 Å². The summed E-state index contributed by atoms with van der Waals surface area (Å²) in [6.45, 7) is 5.87. The number of carbonyl (C=O) groups is 1. The Balaban J connectivity index is 1.28. The van der Waals surface area contributed by atoms with Gasteiger partial charge in [-0.15, -0.1) is 0 Å². The molecule has 2 unspecified atom stereocenters. The van der Waals surface area contributed by atoms with Gasteiger partial charge in [-0.2, -0.15) is 4.98 Å². The van der Waals surface area contributed by atoms with Crippen LogP contribution in [-0.2, 0) is 16.5 Å². The van der Waals surface area contributed by atoms with Crippen LogP contribution in [0.15, 0.2) is 30.7 Å². The molecule has 35 heavy (non-hydrogen) atoms. The van der Waals surface area contributed by atoms with Crippen LogP contribution in [0.4, 0.5) is 9.18 Å². The number of hydrogen-bond donors (Lipinski definition) is 0. The van der Waals surface area contributed by atoms with E-state index < -0.39 is 0 Å². The van der Waals surface area contributed by atoms with E-state index in [9.17, 15) is 9.18 Å². The number of aromatic nitrogens is 3. The van der Waals surface area contributed by atoms with Gasteiger partial charge in [-0.1, -0.05) is 12.1 Å². The molecule has 2 bridgehead atoms. The van der Waals surface area contributed by atoms with Crippen LogP contribution in [0.2, 0.25) is 0 Å². The Morgan fingerprint density at radius 1 is 1.17 bits per heavy atom. The maximum Gasteiger partial charge on any atom is 0.410 e. The Hall–Kier alpha value is -3.20. The molecule has 0 spiro atoms. The van der Waals surface area contributed by atoms with Crippen molar-refractivity contribution in [2.45, 2.75) is 38.4 Å². The summed E-state index contributed by atoms with van der Waals surface area (Å²) in [6.07, 6.45) is 4.75. The minimum absolute atomic E-state index is 0.00126.